The zero-order chi connectivity index (χ0) is 12.5. The molecule has 0 heterocycles. The number of halogens is 3. The van der Waals surface area contributed by atoms with E-state index in [1.165, 1.54) is 0 Å². The highest BCUT2D eigenvalue weighted by atomic mass is 79.9. The molecule has 0 amide bonds. The van der Waals surface area contributed by atoms with Crippen molar-refractivity contribution in [1.82, 2.24) is 0 Å². The van der Waals surface area contributed by atoms with E-state index < -0.39 is 5.60 Å². The van der Waals surface area contributed by atoms with Gasteiger partial charge in [0.2, 0.25) is 0 Å². The second-order valence-corrected chi connectivity index (χ2v) is 6.89. The highest BCUT2D eigenvalue weighted by Crippen LogP contribution is 2.35. The number of hydrogen-bond acceptors (Lipinski definition) is 2. The standard InChI is InChI=1S/C11H14Br3NO/c1-6(11(2,3)16)15-10-8(13)4-7(12)5-9(10)14/h4-6,15-16H,1-3H3. The molecule has 0 aliphatic rings. The van der Waals surface area contributed by atoms with Crippen molar-refractivity contribution in [3.63, 3.8) is 0 Å². The average Bonchev–Trinajstić information content (AvgIpc) is 2.08. The van der Waals surface area contributed by atoms with Gasteiger partial charge in [-0.3, -0.25) is 0 Å². The Balaban J connectivity index is 2.98. The smallest absolute Gasteiger partial charge is 0.0789 e. The monoisotopic (exact) mass is 413 g/mol. The largest absolute Gasteiger partial charge is 0.388 e. The lowest BCUT2D eigenvalue weighted by Gasteiger charge is -2.28. The van der Waals surface area contributed by atoms with E-state index >= 15 is 0 Å². The summed E-state index contributed by atoms with van der Waals surface area (Å²) < 4.78 is 2.89. The van der Waals surface area contributed by atoms with Gasteiger partial charge in [0.15, 0.2) is 0 Å². The first-order valence-corrected chi connectivity index (χ1v) is 7.23. The van der Waals surface area contributed by atoms with Gasteiger partial charge in [0, 0.05) is 13.4 Å². The van der Waals surface area contributed by atoms with E-state index in [4.69, 9.17) is 0 Å². The van der Waals surface area contributed by atoms with Crippen molar-refractivity contribution >= 4 is 53.5 Å². The van der Waals surface area contributed by atoms with Gasteiger partial charge in [-0.05, 0) is 64.8 Å². The van der Waals surface area contributed by atoms with Gasteiger partial charge in [-0.25, -0.2) is 0 Å². The lowest BCUT2D eigenvalue weighted by Crippen LogP contribution is -2.39. The summed E-state index contributed by atoms with van der Waals surface area (Å²) in [7, 11) is 0. The van der Waals surface area contributed by atoms with E-state index in [1.54, 1.807) is 13.8 Å². The van der Waals surface area contributed by atoms with Crippen molar-refractivity contribution in [2.24, 2.45) is 0 Å². The predicted molar refractivity (Wildman–Crippen MR) is 78.9 cm³/mol. The van der Waals surface area contributed by atoms with Gasteiger partial charge in [-0.1, -0.05) is 15.9 Å². The second kappa shape index (κ2) is 5.38. The zero-order valence-corrected chi connectivity index (χ0v) is 14.1. The van der Waals surface area contributed by atoms with Crippen LogP contribution in [0.2, 0.25) is 0 Å². The van der Waals surface area contributed by atoms with Crippen LogP contribution in [0.4, 0.5) is 5.69 Å². The van der Waals surface area contributed by atoms with Gasteiger partial charge in [0.25, 0.3) is 0 Å². The van der Waals surface area contributed by atoms with Crippen LogP contribution in [0.5, 0.6) is 0 Å². The third-order valence-corrected chi connectivity index (χ3v) is 4.14. The minimum atomic E-state index is -0.772. The maximum atomic E-state index is 9.88. The Morgan fingerprint density at radius 2 is 1.62 bits per heavy atom. The van der Waals surface area contributed by atoms with Crippen LogP contribution in [0, 0.1) is 0 Å². The lowest BCUT2D eigenvalue weighted by molar-refractivity contribution is 0.0649. The molecule has 0 bridgehead atoms. The first-order chi connectivity index (χ1) is 7.21. The normalized spacial score (nSPS) is 13.7. The van der Waals surface area contributed by atoms with Crippen molar-refractivity contribution in [3.8, 4) is 0 Å². The minimum Gasteiger partial charge on any atom is -0.388 e. The fourth-order valence-corrected chi connectivity index (χ4v) is 3.56. The second-order valence-electron chi connectivity index (χ2n) is 4.26. The van der Waals surface area contributed by atoms with Gasteiger partial charge in [-0.15, -0.1) is 0 Å². The highest BCUT2D eigenvalue weighted by Gasteiger charge is 2.23. The van der Waals surface area contributed by atoms with E-state index in [9.17, 15) is 5.11 Å². The molecule has 5 heteroatoms. The van der Waals surface area contributed by atoms with Crippen LogP contribution in [-0.4, -0.2) is 16.7 Å². The van der Waals surface area contributed by atoms with Crippen molar-refractivity contribution < 1.29 is 5.11 Å². The molecule has 1 aromatic rings. The van der Waals surface area contributed by atoms with Gasteiger partial charge >= 0.3 is 0 Å². The van der Waals surface area contributed by atoms with Gasteiger partial charge < -0.3 is 10.4 Å². The van der Waals surface area contributed by atoms with Crippen LogP contribution < -0.4 is 5.32 Å². The van der Waals surface area contributed by atoms with E-state index in [1.807, 2.05) is 19.1 Å². The molecule has 0 saturated heterocycles. The molecule has 0 radical (unpaired) electrons. The molecule has 0 saturated carbocycles. The molecule has 1 unspecified atom stereocenters. The van der Waals surface area contributed by atoms with E-state index in [0.717, 1.165) is 19.1 Å². The Labute approximate surface area is 121 Å². The number of rotatable bonds is 3. The van der Waals surface area contributed by atoms with Crippen LogP contribution in [0.25, 0.3) is 0 Å². The summed E-state index contributed by atoms with van der Waals surface area (Å²) >= 11 is 10.4. The summed E-state index contributed by atoms with van der Waals surface area (Å²) in [6, 6.07) is 3.87. The quantitative estimate of drug-likeness (QED) is 0.759. The Bertz CT molecular complexity index is 364. The van der Waals surface area contributed by atoms with Crippen molar-refractivity contribution in [3.05, 3.63) is 25.6 Å². The zero-order valence-electron chi connectivity index (χ0n) is 9.31. The molecular formula is C11H14Br3NO. The van der Waals surface area contributed by atoms with Crippen LogP contribution in [0.3, 0.4) is 0 Å². The Morgan fingerprint density at radius 1 is 1.19 bits per heavy atom. The number of aliphatic hydroxyl groups is 1. The van der Waals surface area contributed by atoms with Gasteiger partial charge in [0.1, 0.15) is 0 Å². The summed E-state index contributed by atoms with van der Waals surface area (Å²) in [5.74, 6) is 0. The fraction of sp³-hybridized carbons (Fsp3) is 0.455. The number of nitrogens with one attached hydrogen (secondary N) is 1. The maximum Gasteiger partial charge on any atom is 0.0789 e. The fourth-order valence-electron chi connectivity index (χ4n) is 1.07. The van der Waals surface area contributed by atoms with Gasteiger partial charge in [-0.2, -0.15) is 0 Å². The van der Waals surface area contributed by atoms with Crippen LogP contribution in [0.15, 0.2) is 25.6 Å². The third-order valence-electron chi connectivity index (χ3n) is 2.43. The molecular weight excluding hydrogens is 402 g/mol. The van der Waals surface area contributed by atoms with Crippen molar-refractivity contribution in [1.29, 1.82) is 0 Å². The SMILES string of the molecule is CC(Nc1c(Br)cc(Br)cc1Br)C(C)(C)O. The number of hydrogen-bond donors (Lipinski definition) is 2. The van der Waals surface area contributed by atoms with Gasteiger partial charge in [0.05, 0.1) is 17.3 Å². The summed E-state index contributed by atoms with van der Waals surface area (Å²) in [4.78, 5) is 0. The molecule has 90 valence electrons. The Hall–Kier alpha value is 0.420. The first kappa shape index (κ1) is 14.5. The molecule has 0 spiro atoms. The van der Waals surface area contributed by atoms with E-state index in [0.29, 0.717) is 0 Å². The molecule has 0 fully saturated rings. The lowest BCUT2D eigenvalue weighted by atomic mass is 10.0. The summed E-state index contributed by atoms with van der Waals surface area (Å²) in [6.07, 6.45) is 0. The molecule has 1 aromatic carbocycles. The predicted octanol–water partition coefficient (Wildman–Crippen LogP) is 4.55. The molecule has 2 N–H and O–H groups in total. The van der Waals surface area contributed by atoms with Crippen LogP contribution in [0.1, 0.15) is 20.8 Å². The molecule has 0 aromatic heterocycles. The minimum absolute atomic E-state index is 0.0544. The summed E-state index contributed by atoms with van der Waals surface area (Å²) in [5, 5.41) is 13.2. The average molecular weight is 416 g/mol. The number of benzene rings is 1. The summed E-state index contributed by atoms with van der Waals surface area (Å²) in [5.41, 5.74) is 0.171. The molecule has 0 aliphatic heterocycles. The maximum absolute atomic E-state index is 9.88. The van der Waals surface area contributed by atoms with Crippen molar-refractivity contribution in [2.45, 2.75) is 32.4 Å². The van der Waals surface area contributed by atoms with E-state index in [-0.39, 0.29) is 6.04 Å². The van der Waals surface area contributed by atoms with E-state index in [2.05, 4.69) is 53.1 Å². The topological polar surface area (TPSA) is 32.3 Å². The first-order valence-electron chi connectivity index (χ1n) is 4.85. The number of anilines is 1. The van der Waals surface area contributed by atoms with Crippen molar-refractivity contribution in [2.75, 3.05) is 5.32 Å². The molecule has 2 nitrogen and oxygen atoms in total. The van der Waals surface area contributed by atoms with Crippen LogP contribution >= 0.6 is 47.8 Å². The highest BCUT2D eigenvalue weighted by molar-refractivity contribution is 9.11. The van der Waals surface area contributed by atoms with Crippen LogP contribution in [-0.2, 0) is 0 Å². The molecule has 0 aliphatic carbocycles. The summed E-state index contributed by atoms with van der Waals surface area (Å²) in [6.45, 7) is 5.51. The third kappa shape index (κ3) is 3.72. The Kier molecular flexibility index (Phi) is 4.87. The molecule has 16 heavy (non-hydrogen) atoms. The molecule has 1 atom stereocenters. The Morgan fingerprint density at radius 3 is 2.00 bits per heavy atom. The molecule has 1 rings (SSSR count).